The molecule has 2 heterocycles. The lowest BCUT2D eigenvalue weighted by Gasteiger charge is -2.08. The molecule has 0 fully saturated rings. The topological polar surface area (TPSA) is 88.0 Å². The number of hydrogen-bond acceptors (Lipinski definition) is 4. The highest BCUT2D eigenvalue weighted by Gasteiger charge is 2.33. The van der Waals surface area contributed by atoms with E-state index in [-0.39, 0.29) is 0 Å². The van der Waals surface area contributed by atoms with Crippen LogP contribution in [-0.2, 0) is 36.8 Å². The summed E-state index contributed by atoms with van der Waals surface area (Å²) in [4.78, 5) is 0. The molecule has 0 atom stereocenters. The van der Waals surface area contributed by atoms with Crippen LogP contribution in [0.2, 0.25) is 10.0 Å². The van der Waals surface area contributed by atoms with Gasteiger partial charge < -0.3 is 9.11 Å². The Kier molecular flexibility index (Phi) is 9.84. The van der Waals surface area contributed by atoms with Crippen LogP contribution in [0.25, 0.3) is 21.8 Å². The van der Waals surface area contributed by atoms with Gasteiger partial charge in [-0.25, -0.2) is 0 Å². The summed E-state index contributed by atoms with van der Waals surface area (Å²) >= 11 is 12.0. The summed E-state index contributed by atoms with van der Waals surface area (Å²) in [6, 6.07) is 10.6. The largest absolute Gasteiger partial charge is 0.759 e. The first-order chi connectivity index (χ1) is 17.6. The summed E-state index contributed by atoms with van der Waals surface area (Å²) in [6.07, 6.45) is -8.67. The van der Waals surface area contributed by atoms with Crippen molar-refractivity contribution in [1.82, 2.24) is 0 Å². The molecule has 4 aromatic rings. The normalized spacial score (nSPS) is 12.1. The minimum absolute atomic E-state index is 0.462. The van der Waals surface area contributed by atoms with Crippen molar-refractivity contribution in [3.05, 3.63) is 81.1 Å². The van der Waals surface area contributed by atoms with E-state index in [9.17, 15) is 26.3 Å². The first kappa shape index (κ1) is 32.5. The molecule has 0 aliphatic carbocycles. The molecule has 212 valence electrons. The molecule has 0 N–H and O–H groups in total. The molecule has 0 aliphatic rings. The molecule has 0 bridgehead atoms. The Morgan fingerprint density at radius 2 is 0.949 bits per heavy atom. The Balaban J connectivity index is 0.000000234. The molecule has 0 saturated heterocycles. The van der Waals surface area contributed by atoms with E-state index in [1.54, 1.807) is 49.2 Å². The molecule has 39 heavy (non-hydrogen) atoms. The first-order valence-corrected chi connectivity index (χ1v) is 12.7. The number of alkyl halides is 6. The van der Waals surface area contributed by atoms with E-state index in [0.717, 1.165) is 35.7 Å². The van der Waals surface area contributed by atoms with Gasteiger partial charge in [-0.3, -0.25) is 8.42 Å². The zero-order valence-electron chi connectivity index (χ0n) is 20.6. The summed E-state index contributed by atoms with van der Waals surface area (Å²) < 4.78 is 113. The van der Waals surface area contributed by atoms with E-state index < -0.39 is 33.9 Å². The number of aromatic nitrogens is 2. The van der Waals surface area contributed by atoms with Crippen molar-refractivity contribution < 1.29 is 53.0 Å². The molecular weight excluding hydrogens is 597 g/mol. The summed E-state index contributed by atoms with van der Waals surface area (Å²) in [5.74, 6) is 0. The van der Waals surface area contributed by atoms with Gasteiger partial charge in [-0.05, 0) is 24.3 Å². The lowest BCUT2D eigenvalue weighted by molar-refractivity contribution is -0.651. The predicted molar refractivity (Wildman–Crippen MR) is 130 cm³/mol. The average Bonchev–Trinajstić information content (AvgIpc) is 2.78. The number of rotatable bonds is 0. The van der Waals surface area contributed by atoms with Gasteiger partial charge in [0, 0.05) is 48.5 Å². The van der Waals surface area contributed by atoms with Crippen LogP contribution in [-0.4, -0.2) is 17.5 Å². The molecule has 0 aliphatic heterocycles. The fraction of sp³-hybridized carbons (Fsp3) is 0.250. The van der Waals surface area contributed by atoms with Crippen LogP contribution in [0.15, 0.2) is 48.5 Å². The Morgan fingerprint density at radius 1 is 0.667 bits per heavy atom. The zero-order chi connectivity index (χ0) is 30.1. The molecule has 0 unspecified atom stereocenters. The Bertz CT molecular complexity index is 1530. The Hall–Kier alpha value is -2.71. The maximum absolute atomic E-state index is 12.6. The maximum atomic E-state index is 12.6. The SMILES string of the molecule is Cc1cc(Cl)c2ccc(C(F)(F)F)cc2[n+]1C.Cc1cc(Cl)c2ccc(C(F)(F)F)cc2[n+]1C.O=S(=O)([O-])[O-]. The highest BCUT2D eigenvalue weighted by Crippen LogP contribution is 2.33. The average molecular weight is 617 g/mol. The van der Waals surface area contributed by atoms with Gasteiger partial charge in [-0.2, -0.15) is 35.5 Å². The van der Waals surface area contributed by atoms with Crippen molar-refractivity contribution in [1.29, 1.82) is 0 Å². The Morgan fingerprint density at radius 3 is 1.21 bits per heavy atom. The van der Waals surface area contributed by atoms with Crippen molar-refractivity contribution >= 4 is 55.4 Å². The predicted octanol–water partition coefficient (Wildman–Crippen LogP) is 5.95. The monoisotopic (exact) mass is 616 g/mol. The van der Waals surface area contributed by atoms with Crippen LogP contribution in [0.5, 0.6) is 0 Å². The quantitative estimate of drug-likeness (QED) is 0.106. The highest BCUT2D eigenvalue weighted by molar-refractivity contribution is 7.79. The van der Waals surface area contributed by atoms with E-state index in [2.05, 4.69) is 0 Å². The lowest BCUT2D eigenvalue weighted by Crippen LogP contribution is -2.33. The number of aryl methyl sites for hydroxylation is 4. The van der Waals surface area contributed by atoms with Crippen molar-refractivity contribution in [2.45, 2.75) is 26.2 Å². The van der Waals surface area contributed by atoms with E-state index in [4.69, 9.17) is 40.7 Å². The number of hydrogen-bond donors (Lipinski definition) is 0. The maximum Gasteiger partial charge on any atom is 0.416 e. The molecule has 4 rings (SSSR count). The molecule has 2 aromatic carbocycles. The molecular formula is C24H20Cl2F6N2O4S. The van der Waals surface area contributed by atoms with Gasteiger partial charge in [0.2, 0.25) is 11.0 Å². The van der Waals surface area contributed by atoms with Crippen LogP contribution in [0.3, 0.4) is 0 Å². The number of benzene rings is 2. The molecule has 0 spiro atoms. The molecule has 0 radical (unpaired) electrons. The third-order valence-corrected chi connectivity index (χ3v) is 6.24. The standard InChI is InChI=1S/2C12H10ClF3N.H2O4S/c2*1-7-5-10(13)9-4-3-8(12(14,15)16)6-11(9)17(7)2;1-5(2,3)4/h2*3-6H,1-2H3;(H2,1,2,3,4)/q2*+1;/p-2. The summed E-state index contributed by atoms with van der Waals surface area (Å²) in [6.45, 7) is 3.59. The second-order valence-corrected chi connectivity index (χ2v) is 9.88. The van der Waals surface area contributed by atoms with Gasteiger partial charge in [0.05, 0.1) is 31.9 Å². The number of pyridine rings is 2. The molecule has 2 aromatic heterocycles. The van der Waals surface area contributed by atoms with Gasteiger partial charge in [-0.15, -0.1) is 0 Å². The number of halogens is 8. The zero-order valence-corrected chi connectivity index (χ0v) is 22.9. The van der Waals surface area contributed by atoms with Gasteiger partial charge in [-0.1, -0.05) is 23.2 Å². The molecule has 15 heteroatoms. The van der Waals surface area contributed by atoms with E-state index in [1.165, 1.54) is 12.1 Å². The van der Waals surface area contributed by atoms with Crippen LogP contribution in [0.4, 0.5) is 26.3 Å². The molecule has 0 saturated carbocycles. The lowest BCUT2D eigenvalue weighted by atomic mass is 10.1. The smallest absolute Gasteiger partial charge is 0.416 e. The highest BCUT2D eigenvalue weighted by atomic mass is 35.5. The second-order valence-electron chi connectivity index (χ2n) is 8.25. The van der Waals surface area contributed by atoms with Crippen LogP contribution < -0.4 is 9.13 Å². The van der Waals surface area contributed by atoms with Crippen molar-refractivity contribution in [3.63, 3.8) is 0 Å². The molecule has 0 amide bonds. The van der Waals surface area contributed by atoms with E-state index in [0.29, 0.717) is 31.9 Å². The van der Waals surface area contributed by atoms with E-state index >= 15 is 0 Å². The third kappa shape index (κ3) is 8.64. The van der Waals surface area contributed by atoms with Gasteiger partial charge >= 0.3 is 12.4 Å². The summed E-state index contributed by atoms with van der Waals surface area (Å²) in [5, 5.41) is 2.16. The fourth-order valence-electron chi connectivity index (χ4n) is 3.47. The Labute approximate surface area is 229 Å². The van der Waals surface area contributed by atoms with Gasteiger partial charge in [0.1, 0.15) is 14.1 Å². The van der Waals surface area contributed by atoms with Crippen LogP contribution in [0, 0.1) is 13.8 Å². The summed E-state index contributed by atoms with van der Waals surface area (Å²) in [7, 11) is -1.73. The van der Waals surface area contributed by atoms with Gasteiger partial charge in [0.25, 0.3) is 0 Å². The summed E-state index contributed by atoms with van der Waals surface area (Å²) in [5.41, 5.74) is 1.24. The third-order valence-electron chi connectivity index (χ3n) is 5.62. The molecule has 6 nitrogen and oxygen atoms in total. The van der Waals surface area contributed by atoms with E-state index in [1.807, 2.05) is 0 Å². The van der Waals surface area contributed by atoms with Crippen molar-refractivity contribution in [3.8, 4) is 0 Å². The number of fused-ring (bicyclic) bond motifs is 2. The van der Waals surface area contributed by atoms with Crippen LogP contribution >= 0.6 is 23.2 Å². The van der Waals surface area contributed by atoms with Crippen molar-refractivity contribution in [2.75, 3.05) is 0 Å². The minimum atomic E-state index is -5.17. The van der Waals surface area contributed by atoms with Crippen molar-refractivity contribution in [2.24, 2.45) is 14.1 Å². The number of nitrogens with zero attached hydrogens (tertiary/aromatic N) is 2. The fourth-order valence-corrected chi connectivity index (χ4v) is 4.11. The minimum Gasteiger partial charge on any atom is -0.759 e. The van der Waals surface area contributed by atoms with Crippen LogP contribution in [0.1, 0.15) is 22.5 Å². The first-order valence-electron chi connectivity index (χ1n) is 10.6. The second kappa shape index (κ2) is 11.8. The van der Waals surface area contributed by atoms with Gasteiger partial charge in [0.15, 0.2) is 11.4 Å².